The van der Waals surface area contributed by atoms with Gasteiger partial charge in [0, 0.05) is 17.2 Å². The summed E-state index contributed by atoms with van der Waals surface area (Å²) < 4.78 is 10.6. The average molecular weight is 259 g/mol. The van der Waals surface area contributed by atoms with Gasteiger partial charge in [-0.05, 0) is 44.2 Å². The highest BCUT2D eigenvalue weighted by Crippen LogP contribution is 2.28. The van der Waals surface area contributed by atoms with Crippen LogP contribution in [0.1, 0.15) is 19.4 Å². The Hall–Kier alpha value is -2.23. The van der Waals surface area contributed by atoms with Crippen molar-refractivity contribution in [3.8, 4) is 11.5 Å². The highest BCUT2D eigenvalue weighted by Gasteiger charge is 2.13. The van der Waals surface area contributed by atoms with Crippen LogP contribution in [-0.4, -0.2) is 19.1 Å². The van der Waals surface area contributed by atoms with Crippen molar-refractivity contribution in [3.05, 3.63) is 41.7 Å². The minimum atomic E-state index is -0.120. The number of methoxy groups -OCH3 is 1. The zero-order valence-corrected chi connectivity index (χ0v) is 11.3. The van der Waals surface area contributed by atoms with Gasteiger partial charge in [-0.1, -0.05) is 0 Å². The van der Waals surface area contributed by atoms with Crippen molar-refractivity contribution in [3.63, 3.8) is 0 Å². The number of rotatable bonds is 3. The van der Waals surface area contributed by atoms with Crippen LogP contribution in [0.4, 0.5) is 0 Å². The van der Waals surface area contributed by atoms with E-state index < -0.39 is 0 Å². The normalized spacial score (nSPS) is 13.2. The molecule has 4 nitrogen and oxygen atoms in total. The van der Waals surface area contributed by atoms with Crippen molar-refractivity contribution in [2.75, 3.05) is 7.11 Å². The molecule has 0 fully saturated rings. The lowest BCUT2D eigenvalue weighted by molar-refractivity contribution is -0.117. The highest BCUT2D eigenvalue weighted by molar-refractivity contribution is 6.01. The first-order valence-corrected chi connectivity index (χ1v) is 6.14. The van der Waals surface area contributed by atoms with E-state index in [2.05, 4.69) is 5.32 Å². The van der Waals surface area contributed by atoms with Crippen LogP contribution in [0.2, 0.25) is 0 Å². The number of carbonyl (C=O) groups is 1. The molecule has 1 heterocycles. The molecule has 0 bridgehead atoms. The molecule has 0 saturated carbocycles. The molecular formula is C15H17NO3. The van der Waals surface area contributed by atoms with Crippen LogP contribution in [0.3, 0.4) is 0 Å². The van der Waals surface area contributed by atoms with Gasteiger partial charge in [0.15, 0.2) is 0 Å². The number of amides is 1. The molecule has 1 N–H and O–H groups in total. The number of ether oxygens (including phenoxy) is 2. The first-order chi connectivity index (χ1) is 9.10. The van der Waals surface area contributed by atoms with Crippen LogP contribution in [0.5, 0.6) is 11.5 Å². The Kier molecular flexibility index (Phi) is 3.90. The lowest BCUT2D eigenvalue weighted by atomic mass is 10.1. The monoisotopic (exact) mass is 259 g/mol. The number of hydrogen-bond donors (Lipinski definition) is 1. The van der Waals surface area contributed by atoms with Gasteiger partial charge in [0.1, 0.15) is 11.5 Å². The molecule has 0 atom stereocenters. The van der Waals surface area contributed by atoms with E-state index in [-0.39, 0.29) is 11.9 Å². The van der Waals surface area contributed by atoms with E-state index in [4.69, 9.17) is 9.47 Å². The van der Waals surface area contributed by atoms with Gasteiger partial charge in [0.05, 0.1) is 13.4 Å². The van der Waals surface area contributed by atoms with E-state index >= 15 is 0 Å². The van der Waals surface area contributed by atoms with Gasteiger partial charge in [-0.3, -0.25) is 4.79 Å². The molecule has 1 aliphatic heterocycles. The predicted octanol–water partition coefficient (Wildman–Crippen LogP) is 2.51. The van der Waals surface area contributed by atoms with Crippen molar-refractivity contribution in [2.24, 2.45) is 0 Å². The van der Waals surface area contributed by atoms with E-state index in [1.165, 1.54) is 6.26 Å². The third-order valence-electron chi connectivity index (χ3n) is 2.65. The Morgan fingerprint density at radius 3 is 2.84 bits per heavy atom. The van der Waals surface area contributed by atoms with Gasteiger partial charge in [-0.2, -0.15) is 0 Å². The number of fused-ring (bicyclic) bond motifs is 1. The molecule has 4 heteroatoms. The molecule has 1 aromatic carbocycles. The maximum atomic E-state index is 12.0. The lowest BCUT2D eigenvalue weighted by Gasteiger charge is -2.08. The molecule has 0 aromatic heterocycles. The Balaban J connectivity index is 2.34. The van der Waals surface area contributed by atoms with Crippen LogP contribution >= 0.6 is 0 Å². The fourth-order valence-electron chi connectivity index (χ4n) is 1.76. The SMILES string of the molecule is COc1ccc2c(c1)C=C(C(=O)NC(C)C)C=CO2. The van der Waals surface area contributed by atoms with Crippen molar-refractivity contribution in [2.45, 2.75) is 19.9 Å². The zero-order chi connectivity index (χ0) is 13.8. The second-order valence-electron chi connectivity index (χ2n) is 4.55. The molecule has 100 valence electrons. The Bertz CT molecular complexity index is 544. The fourth-order valence-corrected chi connectivity index (χ4v) is 1.76. The first-order valence-electron chi connectivity index (χ1n) is 6.14. The summed E-state index contributed by atoms with van der Waals surface area (Å²) in [6.45, 7) is 3.85. The van der Waals surface area contributed by atoms with Crippen LogP contribution in [0.25, 0.3) is 6.08 Å². The molecule has 1 amide bonds. The van der Waals surface area contributed by atoms with Gasteiger partial charge in [0.25, 0.3) is 5.91 Å². The second kappa shape index (κ2) is 5.61. The average Bonchev–Trinajstić information content (AvgIpc) is 2.59. The molecule has 0 radical (unpaired) electrons. The van der Waals surface area contributed by atoms with E-state index in [1.54, 1.807) is 19.3 Å². The van der Waals surface area contributed by atoms with E-state index in [0.29, 0.717) is 11.3 Å². The van der Waals surface area contributed by atoms with Crippen LogP contribution in [0, 0.1) is 0 Å². The highest BCUT2D eigenvalue weighted by atomic mass is 16.5. The van der Waals surface area contributed by atoms with Gasteiger partial charge in [0.2, 0.25) is 0 Å². The molecule has 2 rings (SSSR count). The lowest BCUT2D eigenvalue weighted by Crippen LogP contribution is -2.30. The van der Waals surface area contributed by atoms with Crippen LogP contribution < -0.4 is 14.8 Å². The third-order valence-corrected chi connectivity index (χ3v) is 2.65. The molecule has 19 heavy (non-hydrogen) atoms. The summed E-state index contributed by atoms with van der Waals surface area (Å²) in [7, 11) is 1.60. The molecule has 0 spiro atoms. The molecule has 0 unspecified atom stereocenters. The maximum Gasteiger partial charge on any atom is 0.251 e. The quantitative estimate of drug-likeness (QED) is 0.907. The summed E-state index contributed by atoms with van der Waals surface area (Å²) in [5, 5.41) is 2.85. The number of nitrogens with one attached hydrogen (secondary N) is 1. The van der Waals surface area contributed by atoms with Crippen LogP contribution in [0.15, 0.2) is 36.1 Å². The molecular weight excluding hydrogens is 242 g/mol. The Morgan fingerprint density at radius 2 is 2.16 bits per heavy atom. The molecule has 0 aliphatic carbocycles. The van der Waals surface area contributed by atoms with Crippen molar-refractivity contribution in [1.82, 2.24) is 5.32 Å². The maximum absolute atomic E-state index is 12.0. The third kappa shape index (κ3) is 3.16. The van der Waals surface area contributed by atoms with Crippen LogP contribution in [-0.2, 0) is 4.79 Å². The van der Waals surface area contributed by atoms with E-state index in [1.807, 2.05) is 32.0 Å². The summed E-state index contributed by atoms with van der Waals surface area (Å²) in [5.74, 6) is 1.30. The standard InChI is InChI=1S/C15H17NO3/c1-10(2)16-15(17)11-6-7-19-14-5-4-13(18-3)9-12(14)8-11/h4-10H,1-3H3,(H,16,17). The first kappa shape index (κ1) is 13.2. The summed E-state index contributed by atoms with van der Waals surface area (Å²) in [6.07, 6.45) is 4.97. The summed E-state index contributed by atoms with van der Waals surface area (Å²) in [5.41, 5.74) is 1.37. The minimum Gasteiger partial charge on any atom is -0.497 e. The smallest absolute Gasteiger partial charge is 0.251 e. The van der Waals surface area contributed by atoms with Crippen molar-refractivity contribution in [1.29, 1.82) is 0 Å². The molecule has 1 aliphatic rings. The van der Waals surface area contributed by atoms with E-state index in [0.717, 1.165) is 11.3 Å². The number of benzene rings is 1. The van der Waals surface area contributed by atoms with E-state index in [9.17, 15) is 4.79 Å². The summed E-state index contributed by atoms with van der Waals surface area (Å²) in [6, 6.07) is 5.57. The largest absolute Gasteiger partial charge is 0.497 e. The number of carbonyl (C=O) groups excluding carboxylic acids is 1. The van der Waals surface area contributed by atoms with Crippen molar-refractivity contribution < 1.29 is 14.3 Å². The Labute approximate surface area is 112 Å². The van der Waals surface area contributed by atoms with Gasteiger partial charge >= 0.3 is 0 Å². The van der Waals surface area contributed by atoms with Gasteiger partial charge in [-0.15, -0.1) is 0 Å². The Morgan fingerprint density at radius 1 is 1.37 bits per heavy atom. The fraction of sp³-hybridized carbons (Fsp3) is 0.267. The summed E-state index contributed by atoms with van der Waals surface area (Å²) >= 11 is 0. The number of hydrogen-bond acceptors (Lipinski definition) is 3. The second-order valence-corrected chi connectivity index (χ2v) is 4.55. The zero-order valence-electron chi connectivity index (χ0n) is 11.3. The van der Waals surface area contributed by atoms with Crippen molar-refractivity contribution >= 4 is 12.0 Å². The minimum absolute atomic E-state index is 0.0933. The summed E-state index contributed by atoms with van der Waals surface area (Å²) in [4.78, 5) is 12.0. The predicted molar refractivity (Wildman–Crippen MR) is 74.0 cm³/mol. The molecule has 1 aromatic rings. The van der Waals surface area contributed by atoms with Gasteiger partial charge in [-0.25, -0.2) is 0 Å². The topological polar surface area (TPSA) is 47.6 Å². The van der Waals surface area contributed by atoms with Gasteiger partial charge < -0.3 is 14.8 Å². The molecule has 0 saturated heterocycles.